The van der Waals surface area contributed by atoms with Crippen molar-refractivity contribution in [1.82, 2.24) is 19.8 Å². The average Bonchev–Trinajstić information content (AvgIpc) is 3.65. The number of carbonyl (C=O) groups excluding carboxylic acids is 4. The van der Waals surface area contributed by atoms with Crippen LogP contribution in [0.25, 0.3) is 0 Å². The number of likely N-dealkylation sites (tertiary alicyclic amines) is 1. The summed E-state index contributed by atoms with van der Waals surface area (Å²) in [6, 6.07) is 16.5. The van der Waals surface area contributed by atoms with Gasteiger partial charge in [0.1, 0.15) is 18.1 Å². The van der Waals surface area contributed by atoms with Gasteiger partial charge < -0.3 is 30.6 Å². The van der Waals surface area contributed by atoms with E-state index in [0.29, 0.717) is 37.8 Å². The first-order valence-corrected chi connectivity index (χ1v) is 14.0. The van der Waals surface area contributed by atoms with Crippen molar-refractivity contribution < 1.29 is 23.9 Å². The highest BCUT2D eigenvalue weighted by Crippen LogP contribution is 2.28. The molecule has 4 rings (SSSR count). The molecule has 0 saturated carbocycles. The molecule has 2 aromatic carbocycles. The van der Waals surface area contributed by atoms with Crippen LogP contribution in [0.2, 0.25) is 0 Å². The first-order chi connectivity index (χ1) is 20.1. The van der Waals surface area contributed by atoms with Gasteiger partial charge >= 0.3 is 5.97 Å². The van der Waals surface area contributed by atoms with Crippen molar-refractivity contribution in [1.29, 1.82) is 0 Å². The third-order valence-corrected chi connectivity index (χ3v) is 7.28. The fourth-order valence-corrected chi connectivity index (χ4v) is 4.97. The predicted molar refractivity (Wildman–Crippen MR) is 157 cm³/mol. The molecule has 3 atom stereocenters. The number of hydrogen-bond donors (Lipinski definition) is 3. The van der Waals surface area contributed by atoms with Gasteiger partial charge in [0.2, 0.25) is 11.8 Å². The van der Waals surface area contributed by atoms with Crippen LogP contribution in [-0.4, -0.2) is 69.4 Å². The summed E-state index contributed by atoms with van der Waals surface area (Å²) in [4.78, 5) is 58.2. The Kier molecular flexibility index (Phi) is 9.74. The van der Waals surface area contributed by atoms with Crippen molar-refractivity contribution in [2.75, 3.05) is 19.0 Å². The molecule has 0 spiro atoms. The molecular weight excluding hydrogens is 536 g/mol. The Balaban J connectivity index is 1.55. The highest BCUT2D eigenvalue weighted by molar-refractivity contribution is 5.98. The first-order valence-electron chi connectivity index (χ1n) is 14.0. The van der Waals surface area contributed by atoms with E-state index in [1.54, 1.807) is 29.5 Å². The van der Waals surface area contributed by atoms with E-state index >= 15 is 0 Å². The highest BCUT2D eigenvalue weighted by atomic mass is 16.5. The van der Waals surface area contributed by atoms with Crippen molar-refractivity contribution in [3.05, 3.63) is 84.3 Å². The van der Waals surface area contributed by atoms with E-state index in [-0.39, 0.29) is 11.7 Å². The van der Waals surface area contributed by atoms with Gasteiger partial charge in [0.15, 0.2) is 5.82 Å². The Morgan fingerprint density at radius 2 is 1.74 bits per heavy atom. The molecule has 1 aromatic heterocycles. The summed E-state index contributed by atoms with van der Waals surface area (Å²) < 4.78 is 6.55. The van der Waals surface area contributed by atoms with Crippen LogP contribution in [-0.2, 0) is 30.3 Å². The van der Waals surface area contributed by atoms with Crippen molar-refractivity contribution >= 4 is 29.5 Å². The molecule has 1 aliphatic rings. The van der Waals surface area contributed by atoms with E-state index < -0.39 is 41.4 Å². The number of ether oxygens (including phenoxy) is 1. The zero-order valence-electron chi connectivity index (χ0n) is 24.2. The minimum Gasteiger partial charge on any atom is -0.467 e. The number of benzene rings is 2. The molecule has 42 heavy (non-hydrogen) atoms. The maximum Gasteiger partial charge on any atom is 0.328 e. The largest absolute Gasteiger partial charge is 0.467 e. The van der Waals surface area contributed by atoms with Gasteiger partial charge in [0.25, 0.3) is 5.91 Å². The predicted octanol–water partition coefficient (Wildman–Crippen LogP) is 2.43. The molecular formula is C31H38N6O5. The van der Waals surface area contributed by atoms with Crippen LogP contribution in [0.5, 0.6) is 0 Å². The molecule has 3 aromatic rings. The zero-order valence-corrected chi connectivity index (χ0v) is 24.2. The zero-order chi connectivity index (χ0) is 30.3. The minimum absolute atomic E-state index is 0.214. The summed E-state index contributed by atoms with van der Waals surface area (Å²) in [6.07, 6.45) is 5.15. The van der Waals surface area contributed by atoms with E-state index in [0.717, 1.165) is 5.56 Å². The number of methoxy groups -OCH3 is 1. The van der Waals surface area contributed by atoms with Crippen LogP contribution >= 0.6 is 0 Å². The topological polar surface area (TPSA) is 149 Å². The Morgan fingerprint density at radius 3 is 2.38 bits per heavy atom. The van der Waals surface area contributed by atoms with Crippen molar-refractivity contribution in [3.8, 4) is 0 Å². The summed E-state index contributed by atoms with van der Waals surface area (Å²) in [5.41, 5.74) is 6.53. The molecule has 1 unspecified atom stereocenters. The second kappa shape index (κ2) is 13.4. The number of carbonyl (C=O) groups is 4. The Bertz CT molecular complexity index is 1390. The van der Waals surface area contributed by atoms with Crippen LogP contribution in [0.15, 0.2) is 73.2 Å². The molecule has 222 valence electrons. The second-order valence-corrected chi connectivity index (χ2v) is 11.0. The van der Waals surface area contributed by atoms with E-state index in [1.165, 1.54) is 13.4 Å². The number of esters is 1. The van der Waals surface area contributed by atoms with Gasteiger partial charge in [-0.2, -0.15) is 0 Å². The monoisotopic (exact) mass is 574 g/mol. The van der Waals surface area contributed by atoms with E-state index in [1.807, 2.05) is 60.7 Å². The van der Waals surface area contributed by atoms with E-state index in [4.69, 9.17) is 10.5 Å². The fraction of sp³-hybridized carbons (Fsp3) is 0.387. The van der Waals surface area contributed by atoms with Crippen LogP contribution in [0.3, 0.4) is 0 Å². The molecule has 0 aliphatic carbocycles. The summed E-state index contributed by atoms with van der Waals surface area (Å²) in [5.74, 6) is -1.42. The molecule has 11 heteroatoms. The van der Waals surface area contributed by atoms with Gasteiger partial charge in [-0.05, 0) is 50.7 Å². The molecule has 3 amide bonds. The number of hydrogen-bond acceptors (Lipinski definition) is 7. The number of anilines is 1. The summed E-state index contributed by atoms with van der Waals surface area (Å²) in [6.45, 7) is 3.57. The van der Waals surface area contributed by atoms with Crippen molar-refractivity contribution in [3.63, 3.8) is 0 Å². The molecule has 0 bridgehead atoms. The summed E-state index contributed by atoms with van der Waals surface area (Å²) >= 11 is 0. The van der Waals surface area contributed by atoms with Crippen molar-refractivity contribution in [2.45, 2.75) is 63.2 Å². The first kappa shape index (κ1) is 30.4. The normalized spacial score (nSPS) is 16.4. The molecule has 0 radical (unpaired) electrons. The minimum atomic E-state index is -1.17. The lowest BCUT2D eigenvalue weighted by atomic mass is 10.0. The molecule has 1 saturated heterocycles. The van der Waals surface area contributed by atoms with Gasteiger partial charge in [0.05, 0.1) is 19.0 Å². The van der Waals surface area contributed by atoms with Gasteiger partial charge in [-0.15, -0.1) is 0 Å². The number of rotatable bonds is 11. The standard InChI is InChI=1S/C31H38N6O5/c1-31(2,32)30(41)34-23(17-16-21-11-6-4-7-12-21)27(38)35-25-19-36(20-33-25)26(22-13-8-5-9-14-22)28(39)37-18-10-15-24(37)29(40)42-3/h4-9,11-14,19-20,23-24,26H,10,15-18,32H2,1-3H3,(H,34,41)(H,35,38)/t23-,24-,26?/m1/s1. The number of nitrogens with two attached hydrogens (primary N) is 1. The van der Waals surface area contributed by atoms with Gasteiger partial charge in [0, 0.05) is 12.7 Å². The lowest BCUT2D eigenvalue weighted by molar-refractivity contribution is -0.151. The SMILES string of the molecule is COC(=O)[C@H]1CCCN1C(=O)C(c1ccccc1)n1cnc(NC(=O)[C@@H](CCc2ccccc2)NC(=O)C(C)(C)N)c1. The number of imidazole rings is 1. The molecule has 11 nitrogen and oxygen atoms in total. The van der Waals surface area contributed by atoms with E-state index in [2.05, 4.69) is 15.6 Å². The summed E-state index contributed by atoms with van der Waals surface area (Å²) in [7, 11) is 1.31. The van der Waals surface area contributed by atoms with E-state index in [9.17, 15) is 19.2 Å². The number of amides is 3. The van der Waals surface area contributed by atoms with Crippen LogP contribution in [0, 0.1) is 0 Å². The third-order valence-electron chi connectivity index (χ3n) is 7.28. The van der Waals surface area contributed by atoms with Crippen LogP contribution in [0.1, 0.15) is 50.3 Å². The van der Waals surface area contributed by atoms with Crippen LogP contribution < -0.4 is 16.4 Å². The highest BCUT2D eigenvalue weighted by Gasteiger charge is 2.39. The maximum absolute atomic E-state index is 13.9. The number of nitrogens with zero attached hydrogens (tertiary/aromatic N) is 3. The number of aromatic nitrogens is 2. The Morgan fingerprint density at radius 1 is 1.07 bits per heavy atom. The Hall–Kier alpha value is -4.51. The second-order valence-electron chi connectivity index (χ2n) is 11.0. The Labute approximate surface area is 245 Å². The van der Waals surface area contributed by atoms with Gasteiger partial charge in [-0.1, -0.05) is 60.7 Å². The number of nitrogens with one attached hydrogen (secondary N) is 2. The summed E-state index contributed by atoms with van der Waals surface area (Å²) in [5, 5.41) is 5.54. The lowest BCUT2D eigenvalue weighted by Gasteiger charge is -2.28. The van der Waals surface area contributed by atoms with Crippen LogP contribution in [0.4, 0.5) is 5.82 Å². The molecule has 1 aliphatic heterocycles. The molecule has 4 N–H and O–H groups in total. The third kappa shape index (κ3) is 7.41. The van der Waals surface area contributed by atoms with Gasteiger partial charge in [-0.25, -0.2) is 9.78 Å². The maximum atomic E-state index is 13.9. The average molecular weight is 575 g/mol. The molecule has 2 heterocycles. The molecule has 1 fully saturated rings. The quantitative estimate of drug-likeness (QED) is 0.298. The van der Waals surface area contributed by atoms with Gasteiger partial charge in [-0.3, -0.25) is 14.4 Å². The smallest absolute Gasteiger partial charge is 0.328 e. The lowest BCUT2D eigenvalue weighted by Crippen LogP contribution is -2.55. The number of aryl methyl sites for hydroxylation is 1. The van der Waals surface area contributed by atoms with Crippen molar-refractivity contribution in [2.24, 2.45) is 5.73 Å². The fourth-order valence-electron chi connectivity index (χ4n) is 4.97.